The van der Waals surface area contributed by atoms with Gasteiger partial charge in [0.1, 0.15) is 18.0 Å². The molecule has 0 aromatic carbocycles. The smallest absolute Gasteiger partial charge is 0.408 e. The number of likely N-dealkylation sites (N-methyl/N-ethyl adjacent to an activating group) is 1. The second kappa shape index (κ2) is 6.33. The monoisotopic (exact) mass is 313 g/mol. The zero-order valence-corrected chi connectivity index (χ0v) is 12.8. The fourth-order valence-corrected chi connectivity index (χ4v) is 1.54. The summed E-state index contributed by atoms with van der Waals surface area (Å²) in [5.74, 6) is -0.864. The quantitative estimate of drug-likeness (QED) is 0.569. The summed E-state index contributed by atoms with van der Waals surface area (Å²) in [7, 11) is 1.29. The molecule has 0 saturated carbocycles. The predicted molar refractivity (Wildman–Crippen MR) is 79.7 cm³/mol. The van der Waals surface area contributed by atoms with E-state index in [1.807, 2.05) is 4.98 Å². The van der Waals surface area contributed by atoms with E-state index in [4.69, 9.17) is 10.5 Å². The summed E-state index contributed by atoms with van der Waals surface area (Å²) in [5.41, 5.74) is 3.02. The second-order valence-corrected chi connectivity index (χ2v) is 5.48. The lowest BCUT2D eigenvalue weighted by molar-refractivity contribution is -0.117. The lowest BCUT2D eigenvalue weighted by atomic mass is 10.2. The van der Waals surface area contributed by atoms with E-state index in [-0.39, 0.29) is 11.5 Å². The number of ether oxygens (including phenoxy) is 1. The van der Waals surface area contributed by atoms with E-state index < -0.39 is 35.4 Å². The van der Waals surface area contributed by atoms with Gasteiger partial charge in [-0.2, -0.15) is 0 Å². The molecule has 0 aliphatic heterocycles. The molecule has 0 fully saturated rings. The number of carbonyl (C=O) groups is 2. The number of alkyl carbamates (subject to hydrolysis) is 1. The lowest BCUT2D eigenvalue weighted by Gasteiger charge is -2.21. The highest BCUT2D eigenvalue weighted by atomic mass is 16.6. The van der Waals surface area contributed by atoms with Crippen LogP contribution in [0.15, 0.2) is 9.59 Å². The van der Waals surface area contributed by atoms with Crippen LogP contribution in [0.2, 0.25) is 0 Å². The van der Waals surface area contributed by atoms with Gasteiger partial charge in [0.25, 0.3) is 5.56 Å². The van der Waals surface area contributed by atoms with Crippen LogP contribution >= 0.6 is 0 Å². The van der Waals surface area contributed by atoms with Crippen LogP contribution in [-0.2, 0) is 9.53 Å². The van der Waals surface area contributed by atoms with Gasteiger partial charge < -0.3 is 20.7 Å². The van der Waals surface area contributed by atoms with Gasteiger partial charge in [-0.15, -0.1) is 0 Å². The molecule has 0 spiro atoms. The van der Waals surface area contributed by atoms with E-state index >= 15 is 0 Å². The summed E-state index contributed by atoms with van der Waals surface area (Å²) in [6.07, 6.45) is -0.766. The maximum atomic E-state index is 12.0. The predicted octanol–water partition coefficient (Wildman–Crippen LogP) is -0.867. The van der Waals surface area contributed by atoms with Crippen molar-refractivity contribution in [2.45, 2.75) is 26.4 Å². The average molecular weight is 313 g/mol. The van der Waals surface area contributed by atoms with E-state index in [0.29, 0.717) is 0 Å². The molecule has 10 nitrogen and oxygen atoms in total. The van der Waals surface area contributed by atoms with Crippen molar-refractivity contribution in [3.05, 3.63) is 20.8 Å². The number of H-pyrrole nitrogens is 2. The Balaban J connectivity index is 2.77. The minimum Gasteiger partial charge on any atom is -0.444 e. The van der Waals surface area contributed by atoms with E-state index in [1.54, 1.807) is 20.8 Å². The SMILES string of the molecule is CN(C(=O)CNC(=O)OC(C)(C)C)c1c(N)[nH]c(=O)[nH]c1=O. The molecule has 1 heterocycles. The molecule has 2 amide bonds. The molecule has 0 saturated heterocycles. The third kappa shape index (κ3) is 4.65. The van der Waals surface area contributed by atoms with Crippen molar-refractivity contribution in [2.24, 2.45) is 0 Å². The Labute approximate surface area is 125 Å². The summed E-state index contributed by atoms with van der Waals surface area (Å²) in [4.78, 5) is 51.2. The summed E-state index contributed by atoms with van der Waals surface area (Å²) in [6, 6.07) is 0. The largest absolute Gasteiger partial charge is 0.444 e. The van der Waals surface area contributed by atoms with E-state index in [0.717, 1.165) is 4.90 Å². The van der Waals surface area contributed by atoms with Crippen molar-refractivity contribution in [3.8, 4) is 0 Å². The number of anilines is 2. The Bertz CT molecular complexity index is 684. The Morgan fingerprint density at radius 2 is 1.86 bits per heavy atom. The van der Waals surface area contributed by atoms with Crippen LogP contribution in [0.3, 0.4) is 0 Å². The fourth-order valence-electron chi connectivity index (χ4n) is 1.54. The Morgan fingerprint density at radius 3 is 2.36 bits per heavy atom. The summed E-state index contributed by atoms with van der Waals surface area (Å²) in [6.45, 7) is 4.65. The van der Waals surface area contributed by atoms with Crippen molar-refractivity contribution in [3.63, 3.8) is 0 Å². The highest BCUT2D eigenvalue weighted by Crippen LogP contribution is 2.11. The number of hydrogen-bond acceptors (Lipinski definition) is 6. The molecule has 1 rings (SSSR count). The van der Waals surface area contributed by atoms with E-state index in [2.05, 4.69) is 10.3 Å². The van der Waals surface area contributed by atoms with E-state index in [1.165, 1.54) is 7.05 Å². The van der Waals surface area contributed by atoms with Crippen molar-refractivity contribution in [2.75, 3.05) is 24.2 Å². The van der Waals surface area contributed by atoms with Gasteiger partial charge >= 0.3 is 11.8 Å². The van der Waals surface area contributed by atoms with Crippen molar-refractivity contribution in [1.82, 2.24) is 15.3 Å². The first-order chi connectivity index (χ1) is 10.0. The highest BCUT2D eigenvalue weighted by Gasteiger charge is 2.20. The van der Waals surface area contributed by atoms with Gasteiger partial charge in [-0.25, -0.2) is 9.59 Å². The van der Waals surface area contributed by atoms with Crippen LogP contribution < -0.4 is 27.2 Å². The first-order valence-electron chi connectivity index (χ1n) is 6.36. The number of nitrogen functional groups attached to an aromatic ring is 1. The summed E-state index contributed by atoms with van der Waals surface area (Å²) in [5, 5.41) is 2.26. The van der Waals surface area contributed by atoms with Gasteiger partial charge in [-0.1, -0.05) is 0 Å². The lowest BCUT2D eigenvalue weighted by Crippen LogP contribution is -2.43. The van der Waals surface area contributed by atoms with Crippen LogP contribution in [0.25, 0.3) is 0 Å². The molecule has 0 atom stereocenters. The maximum Gasteiger partial charge on any atom is 0.408 e. The minimum absolute atomic E-state index is 0.212. The molecule has 122 valence electrons. The Hall–Kier alpha value is -2.78. The number of nitrogens with zero attached hydrogens (tertiary/aromatic N) is 1. The molecule has 1 aromatic heterocycles. The van der Waals surface area contributed by atoms with Gasteiger partial charge in [0, 0.05) is 7.05 Å². The van der Waals surface area contributed by atoms with Gasteiger partial charge in [0.15, 0.2) is 5.69 Å². The molecule has 0 unspecified atom stereocenters. The van der Waals surface area contributed by atoms with Gasteiger partial charge in [-0.05, 0) is 20.8 Å². The van der Waals surface area contributed by atoms with Gasteiger partial charge in [-0.3, -0.25) is 19.6 Å². The van der Waals surface area contributed by atoms with E-state index in [9.17, 15) is 19.2 Å². The fraction of sp³-hybridized carbons (Fsp3) is 0.500. The molecular formula is C12H19N5O5. The zero-order chi connectivity index (χ0) is 17.1. The second-order valence-electron chi connectivity index (χ2n) is 5.48. The normalized spacial score (nSPS) is 10.9. The van der Waals surface area contributed by atoms with Crippen molar-refractivity contribution in [1.29, 1.82) is 0 Å². The van der Waals surface area contributed by atoms with Crippen LogP contribution in [-0.4, -0.2) is 41.2 Å². The topological polar surface area (TPSA) is 150 Å². The molecule has 0 bridgehead atoms. The average Bonchev–Trinajstić information content (AvgIpc) is 2.32. The molecule has 0 radical (unpaired) electrons. The molecular weight excluding hydrogens is 294 g/mol. The number of nitrogens with two attached hydrogens (primary N) is 1. The molecule has 0 aliphatic rings. The first kappa shape index (κ1) is 17.3. The molecule has 10 heteroatoms. The minimum atomic E-state index is -0.811. The van der Waals surface area contributed by atoms with Gasteiger partial charge in [0.05, 0.1) is 0 Å². The third-order valence-corrected chi connectivity index (χ3v) is 2.44. The molecule has 22 heavy (non-hydrogen) atoms. The van der Waals surface area contributed by atoms with Crippen LogP contribution in [0.4, 0.5) is 16.3 Å². The third-order valence-electron chi connectivity index (χ3n) is 2.44. The molecule has 1 aromatic rings. The Kier molecular flexibility index (Phi) is 4.97. The number of rotatable bonds is 3. The van der Waals surface area contributed by atoms with Crippen molar-refractivity contribution < 1.29 is 14.3 Å². The number of aromatic nitrogens is 2. The van der Waals surface area contributed by atoms with Crippen LogP contribution in [0.1, 0.15) is 20.8 Å². The highest BCUT2D eigenvalue weighted by molar-refractivity contribution is 5.97. The standard InChI is InChI=1S/C12H19N5O5/c1-12(2,3)22-11(21)14-5-6(18)17(4)7-8(13)15-10(20)16-9(7)19/h5H2,1-4H3,(H,14,21)(H4,13,15,16,19,20). The van der Waals surface area contributed by atoms with Crippen LogP contribution in [0.5, 0.6) is 0 Å². The maximum absolute atomic E-state index is 12.0. The van der Waals surface area contributed by atoms with Gasteiger partial charge in [0.2, 0.25) is 5.91 Å². The molecule has 0 aliphatic carbocycles. The van der Waals surface area contributed by atoms with Crippen molar-refractivity contribution >= 4 is 23.5 Å². The molecule has 5 N–H and O–H groups in total. The number of carbonyl (C=O) groups excluding carboxylic acids is 2. The number of amides is 2. The van der Waals surface area contributed by atoms with Crippen LogP contribution in [0, 0.1) is 0 Å². The number of nitrogens with one attached hydrogen (secondary N) is 3. The summed E-state index contributed by atoms with van der Waals surface area (Å²) >= 11 is 0. The summed E-state index contributed by atoms with van der Waals surface area (Å²) < 4.78 is 4.98. The number of aromatic amines is 2. The number of hydrogen-bond donors (Lipinski definition) is 4. The zero-order valence-electron chi connectivity index (χ0n) is 12.8. The Morgan fingerprint density at radius 1 is 1.27 bits per heavy atom. The first-order valence-corrected chi connectivity index (χ1v) is 6.36.